The third-order valence-corrected chi connectivity index (χ3v) is 4.03. The van der Waals surface area contributed by atoms with Crippen LogP contribution in [0.2, 0.25) is 0 Å². The van der Waals surface area contributed by atoms with Crippen LogP contribution in [0.5, 0.6) is 0 Å². The minimum absolute atomic E-state index is 0.754. The van der Waals surface area contributed by atoms with Gasteiger partial charge in [-0.3, -0.25) is 0 Å². The number of hydrogen-bond acceptors (Lipinski definition) is 4. The first-order chi connectivity index (χ1) is 9.79. The second-order valence-electron chi connectivity index (χ2n) is 4.66. The SMILES string of the molecule is Cc1ccc(CNc2ccc(Cn3cncn3)cc2)s1. The van der Waals surface area contributed by atoms with Gasteiger partial charge in [-0.2, -0.15) is 5.10 Å². The van der Waals surface area contributed by atoms with Crippen LogP contribution in [0.4, 0.5) is 5.69 Å². The van der Waals surface area contributed by atoms with Gasteiger partial charge >= 0.3 is 0 Å². The number of nitrogens with one attached hydrogen (secondary N) is 1. The Morgan fingerprint density at radius 2 is 2.00 bits per heavy atom. The van der Waals surface area contributed by atoms with Gasteiger partial charge in [0.15, 0.2) is 0 Å². The minimum Gasteiger partial charge on any atom is -0.380 e. The standard InChI is InChI=1S/C15H16N4S/c1-12-2-7-15(20-12)8-17-14-5-3-13(4-6-14)9-19-11-16-10-18-19/h2-7,10-11,17H,8-9H2,1H3. The van der Waals surface area contributed by atoms with Gasteiger partial charge in [-0.15, -0.1) is 11.3 Å². The highest BCUT2D eigenvalue weighted by Gasteiger charge is 1.99. The Hall–Kier alpha value is -2.14. The van der Waals surface area contributed by atoms with E-state index in [-0.39, 0.29) is 0 Å². The highest BCUT2D eigenvalue weighted by molar-refractivity contribution is 7.11. The van der Waals surface area contributed by atoms with Crippen LogP contribution in [0.1, 0.15) is 15.3 Å². The van der Waals surface area contributed by atoms with Gasteiger partial charge in [0, 0.05) is 22.0 Å². The van der Waals surface area contributed by atoms with Crippen molar-refractivity contribution in [2.24, 2.45) is 0 Å². The van der Waals surface area contributed by atoms with Crippen molar-refractivity contribution >= 4 is 17.0 Å². The molecule has 0 aliphatic heterocycles. The average Bonchev–Trinajstić information content (AvgIpc) is 3.10. The molecule has 3 rings (SSSR count). The predicted molar refractivity (Wildman–Crippen MR) is 81.9 cm³/mol. The lowest BCUT2D eigenvalue weighted by molar-refractivity contribution is 0.685. The lowest BCUT2D eigenvalue weighted by Gasteiger charge is -2.06. The first kappa shape index (κ1) is 12.9. The molecule has 0 spiro atoms. The van der Waals surface area contributed by atoms with Gasteiger partial charge in [0.25, 0.3) is 0 Å². The number of rotatable bonds is 5. The molecule has 102 valence electrons. The van der Waals surface area contributed by atoms with Crippen molar-refractivity contribution in [1.29, 1.82) is 0 Å². The molecule has 0 fully saturated rings. The number of aromatic nitrogens is 3. The molecule has 4 nitrogen and oxygen atoms in total. The third-order valence-electron chi connectivity index (χ3n) is 3.03. The number of thiophene rings is 1. The van der Waals surface area contributed by atoms with Gasteiger partial charge in [-0.05, 0) is 36.8 Å². The van der Waals surface area contributed by atoms with Crippen molar-refractivity contribution in [3.63, 3.8) is 0 Å². The molecule has 0 unspecified atom stereocenters. The van der Waals surface area contributed by atoms with E-state index in [1.165, 1.54) is 15.3 Å². The van der Waals surface area contributed by atoms with Crippen molar-refractivity contribution in [1.82, 2.24) is 14.8 Å². The third kappa shape index (κ3) is 3.24. The maximum Gasteiger partial charge on any atom is 0.137 e. The number of aryl methyl sites for hydroxylation is 1. The van der Waals surface area contributed by atoms with Gasteiger partial charge < -0.3 is 5.32 Å². The molecular weight excluding hydrogens is 268 g/mol. The molecule has 0 saturated heterocycles. The Labute approximate surface area is 122 Å². The normalized spacial score (nSPS) is 10.7. The Morgan fingerprint density at radius 3 is 2.65 bits per heavy atom. The van der Waals surface area contributed by atoms with E-state index in [9.17, 15) is 0 Å². The Bertz CT molecular complexity index is 656. The summed E-state index contributed by atoms with van der Waals surface area (Å²) >= 11 is 1.83. The summed E-state index contributed by atoms with van der Waals surface area (Å²) in [5.41, 5.74) is 2.35. The van der Waals surface area contributed by atoms with Gasteiger partial charge in [-0.1, -0.05) is 12.1 Å². The van der Waals surface area contributed by atoms with E-state index in [1.54, 1.807) is 12.7 Å². The molecule has 3 aromatic rings. The van der Waals surface area contributed by atoms with Gasteiger partial charge in [0.1, 0.15) is 12.7 Å². The van der Waals surface area contributed by atoms with Crippen molar-refractivity contribution in [2.45, 2.75) is 20.0 Å². The van der Waals surface area contributed by atoms with Crippen LogP contribution in [0.3, 0.4) is 0 Å². The molecule has 0 aliphatic rings. The van der Waals surface area contributed by atoms with Gasteiger partial charge in [0.05, 0.1) is 6.54 Å². The average molecular weight is 284 g/mol. The van der Waals surface area contributed by atoms with Crippen molar-refractivity contribution in [3.05, 3.63) is 64.4 Å². The second-order valence-corrected chi connectivity index (χ2v) is 6.03. The van der Waals surface area contributed by atoms with E-state index in [4.69, 9.17) is 0 Å². The monoisotopic (exact) mass is 284 g/mol. The van der Waals surface area contributed by atoms with Crippen LogP contribution in [-0.4, -0.2) is 14.8 Å². The zero-order valence-electron chi connectivity index (χ0n) is 11.3. The second kappa shape index (κ2) is 5.88. The summed E-state index contributed by atoms with van der Waals surface area (Å²) in [6.45, 7) is 3.76. The van der Waals surface area contributed by atoms with Gasteiger partial charge in [0.2, 0.25) is 0 Å². The summed E-state index contributed by atoms with van der Waals surface area (Å²) in [4.78, 5) is 6.65. The summed E-state index contributed by atoms with van der Waals surface area (Å²) in [6.07, 6.45) is 3.28. The smallest absolute Gasteiger partial charge is 0.137 e. The highest BCUT2D eigenvalue weighted by atomic mass is 32.1. The highest BCUT2D eigenvalue weighted by Crippen LogP contribution is 2.17. The summed E-state index contributed by atoms with van der Waals surface area (Å²) in [5, 5.41) is 7.54. The predicted octanol–water partition coefficient (Wildman–Crippen LogP) is 3.31. The van der Waals surface area contributed by atoms with E-state index in [0.29, 0.717) is 0 Å². The molecule has 0 saturated carbocycles. The van der Waals surface area contributed by atoms with Crippen LogP contribution >= 0.6 is 11.3 Å². The number of benzene rings is 1. The summed E-state index contributed by atoms with van der Waals surface area (Å²) < 4.78 is 1.82. The summed E-state index contributed by atoms with van der Waals surface area (Å²) in [6, 6.07) is 12.8. The van der Waals surface area contributed by atoms with Crippen LogP contribution < -0.4 is 5.32 Å². The van der Waals surface area contributed by atoms with E-state index >= 15 is 0 Å². The maximum atomic E-state index is 4.10. The number of nitrogens with zero attached hydrogens (tertiary/aromatic N) is 3. The maximum absolute atomic E-state index is 4.10. The molecule has 0 bridgehead atoms. The molecule has 0 atom stereocenters. The Morgan fingerprint density at radius 1 is 1.15 bits per heavy atom. The Kier molecular flexibility index (Phi) is 3.78. The van der Waals surface area contributed by atoms with E-state index in [2.05, 4.69) is 58.7 Å². The zero-order chi connectivity index (χ0) is 13.8. The van der Waals surface area contributed by atoms with Crippen LogP contribution in [0.25, 0.3) is 0 Å². The van der Waals surface area contributed by atoms with Crippen LogP contribution in [0, 0.1) is 6.92 Å². The summed E-state index contributed by atoms with van der Waals surface area (Å²) in [7, 11) is 0. The lowest BCUT2D eigenvalue weighted by atomic mass is 10.2. The fourth-order valence-corrected chi connectivity index (χ4v) is 2.83. The fraction of sp³-hybridized carbons (Fsp3) is 0.200. The molecule has 5 heteroatoms. The molecule has 0 aliphatic carbocycles. The quantitative estimate of drug-likeness (QED) is 0.781. The van der Waals surface area contributed by atoms with Crippen molar-refractivity contribution in [2.75, 3.05) is 5.32 Å². The fourth-order valence-electron chi connectivity index (χ4n) is 2.00. The molecule has 0 amide bonds. The van der Waals surface area contributed by atoms with Gasteiger partial charge in [-0.25, -0.2) is 9.67 Å². The molecule has 0 radical (unpaired) electrons. The number of anilines is 1. The first-order valence-electron chi connectivity index (χ1n) is 6.50. The molecule has 1 N–H and O–H groups in total. The van der Waals surface area contributed by atoms with E-state index in [1.807, 2.05) is 16.0 Å². The number of hydrogen-bond donors (Lipinski definition) is 1. The molecule has 2 aromatic heterocycles. The molecule has 20 heavy (non-hydrogen) atoms. The Balaban J connectivity index is 1.58. The molecule has 2 heterocycles. The first-order valence-corrected chi connectivity index (χ1v) is 7.32. The minimum atomic E-state index is 0.754. The topological polar surface area (TPSA) is 42.7 Å². The zero-order valence-corrected chi connectivity index (χ0v) is 12.1. The van der Waals surface area contributed by atoms with Crippen molar-refractivity contribution in [3.8, 4) is 0 Å². The molecular formula is C15H16N4S. The molecule has 1 aromatic carbocycles. The largest absolute Gasteiger partial charge is 0.380 e. The van der Waals surface area contributed by atoms with Crippen molar-refractivity contribution < 1.29 is 0 Å². The van der Waals surface area contributed by atoms with Crippen LogP contribution in [0.15, 0.2) is 49.1 Å². The van der Waals surface area contributed by atoms with Crippen LogP contribution in [-0.2, 0) is 13.1 Å². The van der Waals surface area contributed by atoms with E-state index in [0.717, 1.165) is 18.8 Å². The van der Waals surface area contributed by atoms with E-state index < -0.39 is 0 Å². The summed E-state index contributed by atoms with van der Waals surface area (Å²) in [5.74, 6) is 0. The lowest BCUT2D eigenvalue weighted by Crippen LogP contribution is -2.01.